The quantitative estimate of drug-likeness (QED) is 0.872. The van der Waals surface area contributed by atoms with Crippen LogP contribution in [0.4, 0.5) is 5.95 Å². The zero-order valence-electron chi connectivity index (χ0n) is 10.1. The molecule has 0 aliphatic carbocycles. The fourth-order valence-electron chi connectivity index (χ4n) is 1.51. The monoisotopic (exact) mass is 230 g/mol. The lowest BCUT2D eigenvalue weighted by atomic mass is 10.2. The maximum Gasteiger partial charge on any atom is 0.223 e. The van der Waals surface area contributed by atoms with Crippen LogP contribution >= 0.6 is 0 Å². The lowest BCUT2D eigenvalue weighted by Crippen LogP contribution is -1.99. The van der Waals surface area contributed by atoms with E-state index < -0.39 is 0 Å². The number of ether oxygens (including phenoxy) is 1. The number of aryl methyl sites for hydroxylation is 1. The van der Waals surface area contributed by atoms with Crippen molar-refractivity contribution in [2.24, 2.45) is 0 Å². The van der Waals surface area contributed by atoms with Gasteiger partial charge < -0.3 is 10.1 Å². The highest BCUT2D eigenvalue weighted by Crippen LogP contribution is 2.21. The van der Waals surface area contributed by atoms with Gasteiger partial charge in [-0.05, 0) is 19.1 Å². The second-order valence-corrected chi connectivity index (χ2v) is 3.56. The van der Waals surface area contributed by atoms with Crippen molar-refractivity contribution in [3.63, 3.8) is 0 Å². The summed E-state index contributed by atoms with van der Waals surface area (Å²) in [6, 6.07) is 5.67. The number of nitrogens with one attached hydrogen (secondary N) is 1. The molecule has 0 aliphatic rings. The first kappa shape index (κ1) is 11.3. The van der Waals surface area contributed by atoms with Gasteiger partial charge in [-0.15, -0.1) is 0 Å². The van der Waals surface area contributed by atoms with Gasteiger partial charge in [0.2, 0.25) is 11.8 Å². The molecule has 5 heteroatoms. The third kappa shape index (κ3) is 2.50. The Morgan fingerprint density at radius 3 is 2.76 bits per heavy atom. The highest BCUT2D eigenvalue weighted by atomic mass is 16.5. The maximum absolute atomic E-state index is 5.09. The Morgan fingerprint density at radius 2 is 2.06 bits per heavy atom. The first-order valence-corrected chi connectivity index (χ1v) is 5.27. The molecule has 0 aromatic carbocycles. The molecule has 0 fully saturated rings. The molecule has 2 aromatic heterocycles. The van der Waals surface area contributed by atoms with Crippen LogP contribution in [0.1, 0.15) is 5.69 Å². The number of hydrogen-bond acceptors (Lipinski definition) is 5. The highest BCUT2D eigenvalue weighted by molar-refractivity contribution is 5.61. The Hall–Kier alpha value is -2.17. The normalized spacial score (nSPS) is 10.1. The van der Waals surface area contributed by atoms with E-state index in [0.29, 0.717) is 11.8 Å². The molecule has 17 heavy (non-hydrogen) atoms. The number of nitrogens with zero attached hydrogens (tertiary/aromatic N) is 3. The third-order valence-corrected chi connectivity index (χ3v) is 2.32. The fraction of sp³-hybridized carbons (Fsp3) is 0.250. The Kier molecular flexibility index (Phi) is 3.18. The average molecular weight is 230 g/mol. The van der Waals surface area contributed by atoms with Crippen molar-refractivity contribution in [2.45, 2.75) is 6.92 Å². The van der Waals surface area contributed by atoms with Gasteiger partial charge in [0.1, 0.15) is 0 Å². The summed E-state index contributed by atoms with van der Waals surface area (Å²) in [6.07, 6.45) is 1.70. The van der Waals surface area contributed by atoms with E-state index in [1.807, 2.05) is 25.1 Å². The molecular formula is C12H14N4O. The van der Waals surface area contributed by atoms with Gasteiger partial charge in [0.15, 0.2) is 0 Å². The molecule has 0 bridgehead atoms. The van der Waals surface area contributed by atoms with E-state index in [9.17, 15) is 0 Å². The van der Waals surface area contributed by atoms with Crippen LogP contribution in [-0.4, -0.2) is 29.1 Å². The molecule has 2 heterocycles. The Balaban J connectivity index is 2.47. The standard InChI is InChI=1S/C12H14N4O/c1-8-6-10(16-12(13-2)15-8)9-4-5-14-11(7-9)17-3/h4-7H,1-3H3,(H,13,15,16). The van der Waals surface area contributed by atoms with Crippen LogP contribution in [0.3, 0.4) is 0 Å². The first-order chi connectivity index (χ1) is 8.22. The zero-order valence-corrected chi connectivity index (χ0v) is 10.1. The van der Waals surface area contributed by atoms with Gasteiger partial charge in [0.05, 0.1) is 12.8 Å². The number of aromatic nitrogens is 3. The number of hydrogen-bond donors (Lipinski definition) is 1. The number of rotatable bonds is 3. The van der Waals surface area contributed by atoms with Crippen molar-refractivity contribution in [3.8, 4) is 17.1 Å². The Bertz CT molecular complexity index is 528. The minimum atomic E-state index is 0.574. The number of anilines is 1. The van der Waals surface area contributed by atoms with Crippen molar-refractivity contribution in [2.75, 3.05) is 19.5 Å². The summed E-state index contributed by atoms with van der Waals surface area (Å²) < 4.78 is 5.09. The van der Waals surface area contributed by atoms with Crippen molar-refractivity contribution in [1.29, 1.82) is 0 Å². The van der Waals surface area contributed by atoms with Gasteiger partial charge in [-0.1, -0.05) is 0 Å². The summed E-state index contributed by atoms with van der Waals surface area (Å²) in [6.45, 7) is 1.93. The van der Waals surface area contributed by atoms with Gasteiger partial charge >= 0.3 is 0 Å². The van der Waals surface area contributed by atoms with Gasteiger partial charge in [0, 0.05) is 30.6 Å². The maximum atomic E-state index is 5.09. The molecule has 5 nitrogen and oxygen atoms in total. The van der Waals surface area contributed by atoms with Gasteiger partial charge in [0.25, 0.3) is 0 Å². The molecule has 1 N–H and O–H groups in total. The summed E-state index contributed by atoms with van der Waals surface area (Å²) in [5.41, 5.74) is 2.72. The topological polar surface area (TPSA) is 59.9 Å². The minimum Gasteiger partial charge on any atom is -0.481 e. The van der Waals surface area contributed by atoms with Crippen molar-refractivity contribution < 1.29 is 4.74 Å². The molecule has 0 spiro atoms. The van der Waals surface area contributed by atoms with Crippen LogP contribution in [0.25, 0.3) is 11.3 Å². The Morgan fingerprint density at radius 1 is 1.24 bits per heavy atom. The van der Waals surface area contributed by atoms with Crippen molar-refractivity contribution in [1.82, 2.24) is 15.0 Å². The van der Waals surface area contributed by atoms with E-state index in [2.05, 4.69) is 20.3 Å². The fourth-order valence-corrected chi connectivity index (χ4v) is 1.51. The minimum absolute atomic E-state index is 0.574. The highest BCUT2D eigenvalue weighted by Gasteiger charge is 2.05. The van der Waals surface area contributed by atoms with Crippen LogP contribution in [-0.2, 0) is 0 Å². The molecule has 2 aromatic rings. The van der Waals surface area contributed by atoms with Crippen LogP contribution in [0.5, 0.6) is 5.88 Å². The molecular weight excluding hydrogens is 216 g/mol. The molecule has 0 radical (unpaired) electrons. The predicted molar refractivity (Wildman–Crippen MR) is 66.1 cm³/mol. The largest absolute Gasteiger partial charge is 0.481 e. The van der Waals surface area contributed by atoms with Gasteiger partial charge in [-0.2, -0.15) is 0 Å². The molecule has 0 atom stereocenters. The number of methoxy groups -OCH3 is 1. The van der Waals surface area contributed by atoms with Crippen molar-refractivity contribution >= 4 is 5.95 Å². The van der Waals surface area contributed by atoms with E-state index in [4.69, 9.17) is 4.74 Å². The van der Waals surface area contributed by atoms with Crippen LogP contribution in [0.2, 0.25) is 0 Å². The predicted octanol–water partition coefficient (Wildman–Crippen LogP) is 1.90. The molecule has 0 amide bonds. The third-order valence-electron chi connectivity index (χ3n) is 2.32. The second kappa shape index (κ2) is 4.78. The van der Waals surface area contributed by atoms with Crippen LogP contribution in [0.15, 0.2) is 24.4 Å². The van der Waals surface area contributed by atoms with Gasteiger partial charge in [-0.25, -0.2) is 15.0 Å². The summed E-state index contributed by atoms with van der Waals surface area (Å²) in [5, 5.41) is 2.94. The summed E-state index contributed by atoms with van der Waals surface area (Å²) in [7, 11) is 3.39. The zero-order chi connectivity index (χ0) is 12.3. The molecule has 88 valence electrons. The molecule has 2 rings (SSSR count). The number of pyridine rings is 1. The molecule has 0 saturated heterocycles. The van der Waals surface area contributed by atoms with E-state index in [0.717, 1.165) is 17.0 Å². The molecule has 0 saturated carbocycles. The first-order valence-electron chi connectivity index (χ1n) is 5.27. The van der Waals surface area contributed by atoms with E-state index >= 15 is 0 Å². The summed E-state index contributed by atoms with van der Waals surface area (Å²) in [5.74, 6) is 1.18. The lowest BCUT2D eigenvalue weighted by molar-refractivity contribution is 0.398. The summed E-state index contributed by atoms with van der Waals surface area (Å²) in [4.78, 5) is 12.7. The van der Waals surface area contributed by atoms with E-state index in [1.54, 1.807) is 20.4 Å². The smallest absolute Gasteiger partial charge is 0.223 e. The summed E-state index contributed by atoms with van der Waals surface area (Å²) >= 11 is 0. The van der Waals surface area contributed by atoms with E-state index in [1.165, 1.54) is 0 Å². The van der Waals surface area contributed by atoms with Crippen molar-refractivity contribution in [3.05, 3.63) is 30.1 Å². The van der Waals surface area contributed by atoms with Crippen LogP contribution in [0, 0.1) is 6.92 Å². The molecule has 0 aliphatic heterocycles. The van der Waals surface area contributed by atoms with Crippen LogP contribution < -0.4 is 10.1 Å². The van der Waals surface area contributed by atoms with E-state index in [-0.39, 0.29) is 0 Å². The second-order valence-electron chi connectivity index (χ2n) is 3.56. The lowest BCUT2D eigenvalue weighted by Gasteiger charge is -2.06. The average Bonchev–Trinajstić information content (AvgIpc) is 2.38. The molecule has 0 unspecified atom stereocenters. The SMILES string of the molecule is CNc1nc(C)cc(-c2ccnc(OC)c2)n1. The Labute approximate surface area is 99.9 Å². The van der Waals surface area contributed by atoms with Gasteiger partial charge in [-0.3, -0.25) is 0 Å².